The fraction of sp³-hybridized carbons (Fsp3) is 0.357. The number of anilines is 1. The molecule has 0 unspecified atom stereocenters. The second kappa shape index (κ2) is 6.09. The van der Waals surface area contributed by atoms with Crippen LogP contribution in [-0.4, -0.2) is 9.78 Å². The Bertz CT molecular complexity index is 635. The molecule has 0 aliphatic rings. The third kappa shape index (κ3) is 3.78. The molecule has 0 bridgehead atoms. The number of aryl methyl sites for hydroxylation is 2. The van der Waals surface area contributed by atoms with Gasteiger partial charge in [0.25, 0.3) is 0 Å². The van der Waals surface area contributed by atoms with Crippen molar-refractivity contribution in [3.8, 4) is 0 Å². The van der Waals surface area contributed by atoms with Crippen LogP contribution in [0.4, 0.5) is 18.9 Å². The molecule has 0 fully saturated rings. The van der Waals surface area contributed by atoms with Crippen molar-refractivity contribution in [1.29, 1.82) is 0 Å². The molecular weight excluding hydrogens is 347 g/mol. The van der Waals surface area contributed by atoms with Gasteiger partial charge in [0.1, 0.15) is 0 Å². The van der Waals surface area contributed by atoms with E-state index in [0.29, 0.717) is 11.0 Å². The minimum Gasteiger partial charge on any atom is -0.380 e. The lowest BCUT2D eigenvalue weighted by atomic mass is 10.1. The molecule has 0 aliphatic heterocycles. The zero-order valence-electron chi connectivity index (χ0n) is 11.6. The van der Waals surface area contributed by atoms with Gasteiger partial charge in [-0.2, -0.15) is 18.3 Å². The van der Waals surface area contributed by atoms with Gasteiger partial charge in [-0.15, -0.1) is 0 Å². The summed E-state index contributed by atoms with van der Waals surface area (Å²) < 4.78 is 41.2. The van der Waals surface area contributed by atoms with E-state index >= 15 is 0 Å². The highest BCUT2D eigenvalue weighted by molar-refractivity contribution is 9.10. The Kier molecular flexibility index (Phi) is 4.61. The first-order valence-corrected chi connectivity index (χ1v) is 7.22. The molecular formula is C14H15BrF3N3. The van der Waals surface area contributed by atoms with E-state index in [2.05, 4.69) is 26.3 Å². The Morgan fingerprint density at radius 3 is 2.67 bits per heavy atom. The lowest BCUT2D eigenvalue weighted by Crippen LogP contribution is -2.11. The van der Waals surface area contributed by atoms with E-state index in [-0.39, 0.29) is 5.69 Å². The van der Waals surface area contributed by atoms with Gasteiger partial charge in [-0.25, -0.2) is 0 Å². The molecule has 0 radical (unpaired) electrons. The van der Waals surface area contributed by atoms with Gasteiger partial charge in [0.05, 0.1) is 11.3 Å². The SMILES string of the molecule is CCc1nn(C)cc1CNc1cc(Br)ccc1C(F)(F)F. The molecule has 0 saturated heterocycles. The summed E-state index contributed by atoms with van der Waals surface area (Å²) in [5.41, 5.74) is 1.16. The van der Waals surface area contributed by atoms with Crippen molar-refractivity contribution in [2.24, 2.45) is 7.05 Å². The van der Waals surface area contributed by atoms with Crippen molar-refractivity contribution in [3.63, 3.8) is 0 Å². The van der Waals surface area contributed by atoms with Gasteiger partial charge in [-0.05, 0) is 24.6 Å². The van der Waals surface area contributed by atoms with Crippen LogP contribution in [0.2, 0.25) is 0 Å². The molecule has 1 aromatic heterocycles. The highest BCUT2D eigenvalue weighted by atomic mass is 79.9. The summed E-state index contributed by atoms with van der Waals surface area (Å²) in [4.78, 5) is 0. The van der Waals surface area contributed by atoms with Gasteiger partial charge >= 0.3 is 6.18 Å². The molecule has 2 rings (SSSR count). The third-order valence-electron chi connectivity index (χ3n) is 3.08. The average Bonchev–Trinajstić information content (AvgIpc) is 2.75. The Morgan fingerprint density at radius 1 is 1.33 bits per heavy atom. The Hall–Kier alpha value is -1.50. The number of halogens is 4. The second-order valence-corrected chi connectivity index (χ2v) is 5.59. The van der Waals surface area contributed by atoms with Crippen LogP contribution in [0, 0.1) is 0 Å². The maximum Gasteiger partial charge on any atom is 0.418 e. The molecule has 1 aromatic carbocycles. The molecule has 0 aliphatic carbocycles. The molecule has 0 spiro atoms. The van der Waals surface area contributed by atoms with Crippen molar-refractivity contribution in [2.45, 2.75) is 26.1 Å². The van der Waals surface area contributed by atoms with Gasteiger partial charge in [-0.1, -0.05) is 22.9 Å². The van der Waals surface area contributed by atoms with Crippen LogP contribution >= 0.6 is 15.9 Å². The quantitative estimate of drug-likeness (QED) is 0.875. The van der Waals surface area contributed by atoms with Crippen molar-refractivity contribution in [1.82, 2.24) is 9.78 Å². The molecule has 21 heavy (non-hydrogen) atoms. The standard InChI is InChI=1S/C14H15BrF3N3/c1-3-12-9(8-21(2)20-12)7-19-13-6-10(15)4-5-11(13)14(16,17)18/h4-6,8,19H,3,7H2,1-2H3. The van der Waals surface area contributed by atoms with Gasteiger partial charge in [-0.3, -0.25) is 4.68 Å². The highest BCUT2D eigenvalue weighted by Gasteiger charge is 2.33. The fourth-order valence-corrected chi connectivity index (χ4v) is 2.49. The maximum atomic E-state index is 13.0. The van der Waals surface area contributed by atoms with Gasteiger partial charge in [0, 0.05) is 35.5 Å². The zero-order chi connectivity index (χ0) is 15.6. The molecule has 1 heterocycles. The lowest BCUT2D eigenvalue weighted by Gasteiger charge is -2.15. The van der Waals surface area contributed by atoms with Gasteiger partial charge in [0.15, 0.2) is 0 Å². The molecule has 7 heteroatoms. The van der Waals surface area contributed by atoms with Crippen LogP contribution in [0.3, 0.4) is 0 Å². The molecule has 2 aromatic rings. The summed E-state index contributed by atoms with van der Waals surface area (Å²) in [5.74, 6) is 0. The van der Waals surface area contributed by atoms with E-state index in [1.54, 1.807) is 11.7 Å². The van der Waals surface area contributed by atoms with E-state index in [0.717, 1.165) is 23.7 Å². The largest absolute Gasteiger partial charge is 0.418 e. The van der Waals surface area contributed by atoms with Gasteiger partial charge < -0.3 is 5.32 Å². The molecule has 0 amide bonds. The smallest absolute Gasteiger partial charge is 0.380 e. The van der Waals surface area contributed by atoms with Crippen molar-refractivity contribution >= 4 is 21.6 Å². The summed E-state index contributed by atoms with van der Waals surface area (Å²) in [7, 11) is 1.79. The van der Waals surface area contributed by atoms with Crippen molar-refractivity contribution < 1.29 is 13.2 Å². The molecule has 1 N–H and O–H groups in total. The number of alkyl halides is 3. The van der Waals surface area contributed by atoms with E-state index in [1.807, 2.05) is 13.1 Å². The summed E-state index contributed by atoms with van der Waals surface area (Å²) in [6.07, 6.45) is -1.83. The van der Waals surface area contributed by atoms with E-state index in [1.165, 1.54) is 12.1 Å². The monoisotopic (exact) mass is 361 g/mol. The fourth-order valence-electron chi connectivity index (χ4n) is 2.13. The number of aromatic nitrogens is 2. The predicted molar refractivity (Wildman–Crippen MR) is 79.1 cm³/mol. The van der Waals surface area contributed by atoms with Crippen LogP contribution in [0.25, 0.3) is 0 Å². The number of hydrogen-bond donors (Lipinski definition) is 1. The number of benzene rings is 1. The van der Waals surface area contributed by atoms with Crippen LogP contribution in [-0.2, 0) is 26.2 Å². The zero-order valence-corrected chi connectivity index (χ0v) is 13.2. The Morgan fingerprint density at radius 2 is 2.05 bits per heavy atom. The minimum absolute atomic E-state index is 0.0581. The Labute approximate surface area is 129 Å². The van der Waals surface area contributed by atoms with Gasteiger partial charge in [0.2, 0.25) is 0 Å². The lowest BCUT2D eigenvalue weighted by molar-refractivity contribution is -0.137. The topological polar surface area (TPSA) is 29.9 Å². The van der Waals surface area contributed by atoms with Crippen molar-refractivity contribution in [3.05, 3.63) is 45.7 Å². The highest BCUT2D eigenvalue weighted by Crippen LogP contribution is 2.36. The maximum absolute atomic E-state index is 13.0. The van der Waals surface area contributed by atoms with E-state index in [9.17, 15) is 13.2 Å². The number of rotatable bonds is 4. The third-order valence-corrected chi connectivity index (χ3v) is 3.58. The van der Waals surface area contributed by atoms with Crippen LogP contribution < -0.4 is 5.32 Å². The van der Waals surface area contributed by atoms with Crippen LogP contribution in [0.15, 0.2) is 28.9 Å². The van der Waals surface area contributed by atoms with Crippen LogP contribution in [0.5, 0.6) is 0 Å². The summed E-state index contributed by atoms with van der Waals surface area (Å²) in [6, 6.07) is 3.89. The Balaban J connectivity index is 2.25. The summed E-state index contributed by atoms with van der Waals surface area (Å²) in [6.45, 7) is 2.27. The first kappa shape index (κ1) is 15.9. The minimum atomic E-state index is -4.38. The molecule has 0 atom stereocenters. The number of nitrogens with zero attached hydrogens (tertiary/aromatic N) is 2. The molecule has 3 nitrogen and oxygen atoms in total. The second-order valence-electron chi connectivity index (χ2n) is 4.67. The van der Waals surface area contributed by atoms with E-state index < -0.39 is 11.7 Å². The average molecular weight is 362 g/mol. The first-order chi connectivity index (χ1) is 9.81. The summed E-state index contributed by atoms with van der Waals surface area (Å²) >= 11 is 3.20. The van der Waals surface area contributed by atoms with E-state index in [4.69, 9.17) is 0 Å². The predicted octanol–water partition coefficient (Wildman–Crippen LogP) is 4.38. The molecule has 0 saturated carbocycles. The molecule has 114 valence electrons. The first-order valence-electron chi connectivity index (χ1n) is 6.43. The van der Waals surface area contributed by atoms with Crippen molar-refractivity contribution in [2.75, 3.05) is 5.32 Å². The number of hydrogen-bond acceptors (Lipinski definition) is 2. The number of nitrogens with one attached hydrogen (secondary N) is 1. The normalized spacial score (nSPS) is 11.7. The van der Waals surface area contributed by atoms with Crippen LogP contribution in [0.1, 0.15) is 23.7 Å². The summed E-state index contributed by atoms with van der Waals surface area (Å²) in [5, 5.41) is 7.14.